The van der Waals surface area contributed by atoms with Crippen molar-refractivity contribution >= 4 is 6.03 Å². The van der Waals surface area contributed by atoms with E-state index in [2.05, 4.69) is 15.6 Å². The molecule has 0 radical (unpaired) electrons. The van der Waals surface area contributed by atoms with E-state index in [-0.39, 0.29) is 30.7 Å². The first-order chi connectivity index (χ1) is 12.0. The zero-order chi connectivity index (χ0) is 18.2. The fourth-order valence-corrected chi connectivity index (χ4v) is 2.72. The van der Waals surface area contributed by atoms with Gasteiger partial charge in [-0.25, -0.2) is 4.79 Å². The summed E-state index contributed by atoms with van der Waals surface area (Å²) in [4.78, 5) is 26.6. The topological polar surface area (TPSA) is 94.2 Å². The molecule has 0 fully saturated rings. The standard InChI is InChI=1S/C19H25N3O3/c1-13-8-14(2)22-18(24)17(13)11-21-19(25)20-10-16(12-23)9-15-6-4-3-5-7-15/h3-8,16,23H,9-12H2,1-2H3,(H,22,24)(H2,20,21,25). The first-order valence-electron chi connectivity index (χ1n) is 8.35. The number of hydrogen-bond donors (Lipinski definition) is 4. The average Bonchev–Trinajstić information content (AvgIpc) is 2.58. The third-order valence-electron chi connectivity index (χ3n) is 4.10. The summed E-state index contributed by atoms with van der Waals surface area (Å²) in [7, 11) is 0. The molecule has 134 valence electrons. The number of benzene rings is 1. The minimum Gasteiger partial charge on any atom is -0.396 e. The number of pyridine rings is 1. The maximum atomic E-state index is 12.0. The van der Waals surface area contributed by atoms with Gasteiger partial charge in [0.1, 0.15) is 0 Å². The van der Waals surface area contributed by atoms with Gasteiger partial charge in [-0.3, -0.25) is 4.79 Å². The van der Waals surface area contributed by atoms with E-state index in [0.717, 1.165) is 16.8 Å². The maximum absolute atomic E-state index is 12.0. The molecule has 25 heavy (non-hydrogen) atoms. The number of carbonyl (C=O) groups is 1. The van der Waals surface area contributed by atoms with Gasteiger partial charge in [0.05, 0.1) is 6.54 Å². The summed E-state index contributed by atoms with van der Waals surface area (Å²) in [5.41, 5.74) is 3.12. The molecule has 2 rings (SSSR count). The third kappa shape index (κ3) is 5.76. The van der Waals surface area contributed by atoms with Crippen LogP contribution in [0.2, 0.25) is 0 Å². The van der Waals surface area contributed by atoms with E-state index >= 15 is 0 Å². The molecular weight excluding hydrogens is 318 g/mol. The zero-order valence-electron chi connectivity index (χ0n) is 14.6. The molecule has 6 heteroatoms. The molecule has 1 heterocycles. The Morgan fingerprint density at radius 1 is 1.20 bits per heavy atom. The molecular formula is C19H25N3O3. The number of amides is 2. The van der Waals surface area contributed by atoms with Gasteiger partial charge in [-0.15, -0.1) is 0 Å². The summed E-state index contributed by atoms with van der Waals surface area (Å²) in [5.74, 6) is -0.0577. The Hall–Kier alpha value is -2.60. The van der Waals surface area contributed by atoms with Gasteiger partial charge in [-0.2, -0.15) is 0 Å². The number of hydrogen-bond acceptors (Lipinski definition) is 3. The van der Waals surface area contributed by atoms with Crippen molar-refractivity contribution in [2.24, 2.45) is 5.92 Å². The number of aromatic amines is 1. The molecule has 4 N–H and O–H groups in total. The second kappa shape index (κ2) is 9.03. The van der Waals surface area contributed by atoms with Gasteiger partial charge in [0.25, 0.3) is 5.56 Å². The highest BCUT2D eigenvalue weighted by Gasteiger charge is 2.11. The molecule has 2 aromatic rings. The Morgan fingerprint density at radius 3 is 2.56 bits per heavy atom. The van der Waals surface area contributed by atoms with E-state index in [1.165, 1.54) is 0 Å². The fourth-order valence-electron chi connectivity index (χ4n) is 2.72. The Bertz CT molecular complexity index is 756. The van der Waals surface area contributed by atoms with Gasteiger partial charge in [-0.05, 0) is 37.5 Å². The van der Waals surface area contributed by atoms with Crippen LogP contribution in [0.15, 0.2) is 41.2 Å². The van der Waals surface area contributed by atoms with Crippen LogP contribution < -0.4 is 16.2 Å². The van der Waals surface area contributed by atoms with Crippen LogP contribution in [0.1, 0.15) is 22.4 Å². The highest BCUT2D eigenvalue weighted by molar-refractivity contribution is 5.73. The second-order valence-electron chi connectivity index (χ2n) is 6.24. The second-order valence-corrected chi connectivity index (χ2v) is 6.24. The van der Waals surface area contributed by atoms with Gasteiger partial charge < -0.3 is 20.7 Å². The summed E-state index contributed by atoms with van der Waals surface area (Å²) in [5, 5.41) is 14.9. The van der Waals surface area contributed by atoms with Crippen LogP contribution in [0, 0.1) is 19.8 Å². The number of carbonyl (C=O) groups excluding carboxylic acids is 1. The average molecular weight is 343 g/mol. The molecule has 0 aliphatic rings. The molecule has 0 saturated heterocycles. The number of aryl methyl sites for hydroxylation is 2. The minimum absolute atomic E-state index is 0.00802. The van der Waals surface area contributed by atoms with Crippen molar-refractivity contribution < 1.29 is 9.90 Å². The molecule has 1 aromatic heterocycles. The highest BCUT2D eigenvalue weighted by atomic mass is 16.3. The summed E-state index contributed by atoms with van der Waals surface area (Å²) < 4.78 is 0. The third-order valence-corrected chi connectivity index (χ3v) is 4.10. The van der Waals surface area contributed by atoms with Crippen molar-refractivity contribution in [3.63, 3.8) is 0 Å². The number of rotatable bonds is 7. The highest BCUT2D eigenvalue weighted by Crippen LogP contribution is 2.07. The van der Waals surface area contributed by atoms with E-state index in [1.54, 1.807) is 0 Å². The van der Waals surface area contributed by atoms with Gasteiger partial charge >= 0.3 is 6.03 Å². The molecule has 1 atom stereocenters. The molecule has 0 spiro atoms. The van der Waals surface area contributed by atoms with Crippen molar-refractivity contribution in [1.29, 1.82) is 0 Å². The van der Waals surface area contributed by atoms with Crippen LogP contribution >= 0.6 is 0 Å². The largest absolute Gasteiger partial charge is 0.396 e. The van der Waals surface area contributed by atoms with Crippen molar-refractivity contribution in [3.05, 3.63) is 69.1 Å². The van der Waals surface area contributed by atoms with E-state index in [1.807, 2.05) is 50.2 Å². The van der Waals surface area contributed by atoms with Crippen molar-refractivity contribution in [2.45, 2.75) is 26.8 Å². The number of urea groups is 1. The Morgan fingerprint density at radius 2 is 1.92 bits per heavy atom. The summed E-state index contributed by atoms with van der Waals surface area (Å²) in [6.07, 6.45) is 0.689. The lowest BCUT2D eigenvalue weighted by atomic mass is 10.0. The van der Waals surface area contributed by atoms with Crippen LogP contribution in [0.5, 0.6) is 0 Å². The van der Waals surface area contributed by atoms with Gasteiger partial charge in [0, 0.05) is 30.3 Å². The molecule has 0 aliphatic heterocycles. The van der Waals surface area contributed by atoms with Gasteiger partial charge in [-0.1, -0.05) is 30.3 Å². The quantitative estimate of drug-likeness (QED) is 0.616. The van der Waals surface area contributed by atoms with Crippen LogP contribution in [0.4, 0.5) is 4.79 Å². The number of H-pyrrole nitrogens is 1. The van der Waals surface area contributed by atoms with Gasteiger partial charge in [0.15, 0.2) is 0 Å². The van der Waals surface area contributed by atoms with Crippen molar-refractivity contribution in [1.82, 2.24) is 15.6 Å². The fraction of sp³-hybridized carbons (Fsp3) is 0.368. The van der Waals surface area contributed by atoms with E-state index in [4.69, 9.17) is 0 Å². The zero-order valence-corrected chi connectivity index (χ0v) is 14.6. The lowest BCUT2D eigenvalue weighted by Crippen LogP contribution is -2.40. The smallest absolute Gasteiger partial charge is 0.315 e. The van der Waals surface area contributed by atoms with Crippen LogP contribution in [-0.2, 0) is 13.0 Å². The maximum Gasteiger partial charge on any atom is 0.315 e. The minimum atomic E-state index is -0.356. The summed E-state index contributed by atoms with van der Waals surface area (Å²) >= 11 is 0. The lowest BCUT2D eigenvalue weighted by molar-refractivity contribution is 0.214. The van der Waals surface area contributed by atoms with Gasteiger partial charge in [0.2, 0.25) is 0 Å². The first kappa shape index (κ1) is 18.7. The number of aliphatic hydroxyl groups excluding tert-OH is 1. The summed E-state index contributed by atoms with van der Waals surface area (Å²) in [6.45, 7) is 4.18. The normalized spacial score (nSPS) is 11.8. The molecule has 0 bridgehead atoms. The van der Waals surface area contributed by atoms with E-state index in [9.17, 15) is 14.7 Å². The SMILES string of the molecule is Cc1cc(C)c(CNC(=O)NCC(CO)Cc2ccccc2)c(=O)[nH]1. The molecule has 6 nitrogen and oxygen atoms in total. The molecule has 0 aliphatic carbocycles. The molecule has 2 amide bonds. The predicted molar refractivity (Wildman–Crippen MR) is 97.5 cm³/mol. The number of nitrogens with one attached hydrogen (secondary N) is 3. The van der Waals surface area contributed by atoms with Crippen LogP contribution in [-0.4, -0.2) is 29.3 Å². The first-order valence-corrected chi connectivity index (χ1v) is 8.35. The monoisotopic (exact) mass is 343 g/mol. The van der Waals surface area contributed by atoms with Crippen LogP contribution in [0.25, 0.3) is 0 Å². The van der Waals surface area contributed by atoms with Crippen LogP contribution in [0.3, 0.4) is 0 Å². The van der Waals surface area contributed by atoms with Crippen molar-refractivity contribution in [3.8, 4) is 0 Å². The Balaban J connectivity index is 1.83. The number of aromatic nitrogens is 1. The summed E-state index contributed by atoms with van der Waals surface area (Å²) in [6, 6.07) is 11.3. The molecule has 0 saturated carbocycles. The molecule has 1 unspecified atom stereocenters. The predicted octanol–water partition coefficient (Wildman–Crippen LogP) is 1.64. The van der Waals surface area contributed by atoms with Crippen molar-refractivity contribution in [2.75, 3.05) is 13.2 Å². The Labute approximate surface area is 147 Å². The Kier molecular flexibility index (Phi) is 6.77. The molecule has 1 aromatic carbocycles. The van der Waals surface area contributed by atoms with E-state index < -0.39 is 0 Å². The van der Waals surface area contributed by atoms with E-state index in [0.29, 0.717) is 18.5 Å². The lowest BCUT2D eigenvalue weighted by Gasteiger charge is -2.16. The number of aliphatic hydroxyl groups is 1.